The lowest BCUT2D eigenvalue weighted by molar-refractivity contribution is 0.102. The number of carbonyl (C=O) groups is 1. The van der Waals surface area contributed by atoms with Crippen LogP contribution in [0.25, 0.3) is 0 Å². The first kappa shape index (κ1) is 14.8. The van der Waals surface area contributed by atoms with Gasteiger partial charge in [-0.05, 0) is 29.8 Å². The number of phenols is 1. The van der Waals surface area contributed by atoms with Crippen molar-refractivity contribution in [3.8, 4) is 11.5 Å². The summed E-state index contributed by atoms with van der Waals surface area (Å²) in [7, 11) is 1.47. The molecule has 110 valence electrons. The van der Waals surface area contributed by atoms with Gasteiger partial charge in [-0.15, -0.1) is 0 Å². The van der Waals surface area contributed by atoms with Crippen LogP contribution in [-0.4, -0.2) is 18.1 Å². The number of ether oxygens (including phenoxy) is 1. The highest BCUT2D eigenvalue weighted by Gasteiger charge is 2.14. The van der Waals surface area contributed by atoms with E-state index in [4.69, 9.17) is 10.5 Å². The van der Waals surface area contributed by atoms with Crippen LogP contribution >= 0.6 is 0 Å². The minimum absolute atomic E-state index is 0.0265. The lowest BCUT2D eigenvalue weighted by Gasteiger charge is -2.12. The van der Waals surface area contributed by atoms with Gasteiger partial charge < -0.3 is 20.9 Å². The summed E-state index contributed by atoms with van der Waals surface area (Å²) in [5.41, 5.74) is 6.80. The predicted molar refractivity (Wildman–Crippen MR) is 76.9 cm³/mol. The molecule has 0 aliphatic rings. The highest BCUT2D eigenvalue weighted by atomic mass is 19.1. The number of nitrogens with one attached hydrogen (secondary N) is 1. The number of hydrogen-bond donors (Lipinski definition) is 3. The van der Waals surface area contributed by atoms with Crippen LogP contribution in [0.3, 0.4) is 0 Å². The first-order chi connectivity index (χ1) is 10.0. The fourth-order valence-electron chi connectivity index (χ4n) is 1.85. The molecule has 0 radical (unpaired) electrons. The van der Waals surface area contributed by atoms with Gasteiger partial charge in [-0.1, -0.05) is 6.07 Å². The van der Waals surface area contributed by atoms with E-state index >= 15 is 0 Å². The second kappa shape index (κ2) is 6.23. The van der Waals surface area contributed by atoms with Crippen molar-refractivity contribution in [3.63, 3.8) is 0 Å². The molecule has 2 rings (SSSR count). The number of rotatable bonds is 4. The predicted octanol–water partition coefficient (Wildman–Crippen LogP) is 2.25. The van der Waals surface area contributed by atoms with E-state index in [0.717, 1.165) is 17.7 Å². The normalized spacial score (nSPS) is 10.2. The van der Waals surface area contributed by atoms with Gasteiger partial charge in [0.15, 0.2) is 0 Å². The van der Waals surface area contributed by atoms with Crippen LogP contribution in [0.15, 0.2) is 36.4 Å². The second-order valence-electron chi connectivity index (χ2n) is 4.35. The van der Waals surface area contributed by atoms with Gasteiger partial charge in [-0.2, -0.15) is 0 Å². The van der Waals surface area contributed by atoms with E-state index in [1.165, 1.54) is 13.2 Å². The molecule has 5 nitrogen and oxygen atoms in total. The molecule has 0 unspecified atom stereocenters. The molecule has 21 heavy (non-hydrogen) atoms. The topological polar surface area (TPSA) is 84.6 Å². The Morgan fingerprint density at radius 3 is 2.71 bits per heavy atom. The Bertz CT molecular complexity index is 674. The SMILES string of the molecule is COc1cc(CN)ccc1NC(=O)c1ccc(F)cc1O. The van der Waals surface area contributed by atoms with Crippen molar-refractivity contribution >= 4 is 11.6 Å². The summed E-state index contributed by atoms with van der Waals surface area (Å²) in [5, 5.41) is 12.2. The van der Waals surface area contributed by atoms with Crippen LogP contribution in [0.5, 0.6) is 11.5 Å². The van der Waals surface area contributed by atoms with Crippen LogP contribution in [0.1, 0.15) is 15.9 Å². The Kier molecular flexibility index (Phi) is 4.39. The number of amides is 1. The number of carbonyl (C=O) groups excluding carboxylic acids is 1. The summed E-state index contributed by atoms with van der Waals surface area (Å²) >= 11 is 0. The molecule has 0 atom stereocenters. The molecule has 0 fully saturated rings. The van der Waals surface area contributed by atoms with Crippen molar-refractivity contribution in [2.45, 2.75) is 6.54 Å². The van der Waals surface area contributed by atoms with Crippen molar-refractivity contribution < 1.29 is 19.0 Å². The molecule has 0 saturated heterocycles. The van der Waals surface area contributed by atoms with Gasteiger partial charge in [-0.3, -0.25) is 4.79 Å². The zero-order chi connectivity index (χ0) is 15.4. The molecule has 0 aromatic heterocycles. The molecular weight excluding hydrogens is 275 g/mol. The van der Waals surface area contributed by atoms with E-state index in [2.05, 4.69) is 5.32 Å². The summed E-state index contributed by atoms with van der Waals surface area (Å²) in [4.78, 5) is 12.1. The van der Waals surface area contributed by atoms with Crippen molar-refractivity contribution in [2.75, 3.05) is 12.4 Å². The third kappa shape index (κ3) is 3.29. The minimum atomic E-state index is -0.617. The lowest BCUT2D eigenvalue weighted by atomic mass is 10.1. The first-order valence-electron chi connectivity index (χ1n) is 6.22. The van der Waals surface area contributed by atoms with Gasteiger partial charge in [0.1, 0.15) is 17.3 Å². The summed E-state index contributed by atoms with van der Waals surface area (Å²) in [6.07, 6.45) is 0. The van der Waals surface area contributed by atoms with Crippen LogP contribution in [-0.2, 0) is 6.54 Å². The number of halogens is 1. The number of phenolic OH excluding ortho intramolecular Hbond substituents is 1. The van der Waals surface area contributed by atoms with Gasteiger partial charge in [0.05, 0.1) is 18.4 Å². The second-order valence-corrected chi connectivity index (χ2v) is 4.35. The number of methoxy groups -OCH3 is 1. The molecule has 0 heterocycles. The molecular formula is C15H15FN2O3. The number of nitrogens with two attached hydrogens (primary N) is 1. The van der Waals surface area contributed by atoms with Crippen molar-refractivity contribution in [2.24, 2.45) is 5.73 Å². The molecule has 0 aliphatic heterocycles. The Morgan fingerprint density at radius 2 is 2.10 bits per heavy atom. The summed E-state index contributed by atoms with van der Waals surface area (Å²) in [6.45, 7) is 0.351. The van der Waals surface area contributed by atoms with Crippen molar-refractivity contribution in [1.29, 1.82) is 0 Å². The Morgan fingerprint density at radius 1 is 1.33 bits per heavy atom. The Labute approximate surface area is 121 Å². The number of benzene rings is 2. The first-order valence-corrected chi connectivity index (χ1v) is 6.22. The van der Waals surface area contributed by atoms with Gasteiger partial charge in [0.25, 0.3) is 5.91 Å². The summed E-state index contributed by atoms with van der Waals surface area (Å²) < 4.78 is 18.1. The minimum Gasteiger partial charge on any atom is -0.507 e. The quantitative estimate of drug-likeness (QED) is 0.806. The van der Waals surface area contributed by atoms with Gasteiger partial charge in [0, 0.05) is 12.6 Å². The molecule has 0 spiro atoms. The van der Waals surface area contributed by atoms with E-state index < -0.39 is 17.5 Å². The maximum absolute atomic E-state index is 12.9. The fourth-order valence-corrected chi connectivity index (χ4v) is 1.85. The van der Waals surface area contributed by atoms with E-state index in [1.54, 1.807) is 18.2 Å². The van der Waals surface area contributed by atoms with Crippen LogP contribution < -0.4 is 15.8 Å². The lowest BCUT2D eigenvalue weighted by Crippen LogP contribution is -2.13. The number of aromatic hydroxyl groups is 1. The van der Waals surface area contributed by atoms with E-state index in [9.17, 15) is 14.3 Å². The number of anilines is 1. The summed E-state index contributed by atoms with van der Waals surface area (Å²) in [6, 6.07) is 8.30. The average Bonchev–Trinajstić information content (AvgIpc) is 2.47. The maximum Gasteiger partial charge on any atom is 0.259 e. The van der Waals surface area contributed by atoms with Crippen LogP contribution in [0, 0.1) is 5.82 Å². The van der Waals surface area contributed by atoms with E-state index in [0.29, 0.717) is 18.0 Å². The molecule has 0 aliphatic carbocycles. The fraction of sp³-hybridized carbons (Fsp3) is 0.133. The van der Waals surface area contributed by atoms with E-state index in [1.807, 2.05) is 0 Å². The highest BCUT2D eigenvalue weighted by Crippen LogP contribution is 2.27. The molecule has 6 heteroatoms. The standard InChI is InChI=1S/C15H15FN2O3/c1-21-14-6-9(8-17)2-5-12(14)18-15(20)11-4-3-10(16)7-13(11)19/h2-7,19H,8,17H2,1H3,(H,18,20). The van der Waals surface area contributed by atoms with Crippen molar-refractivity contribution in [3.05, 3.63) is 53.3 Å². The van der Waals surface area contributed by atoms with Crippen molar-refractivity contribution in [1.82, 2.24) is 0 Å². The van der Waals surface area contributed by atoms with Crippen LogP contribution in [0.4, 0.5) is 10.1 Å². The monoisotopic (exact) mass is 290 g/mol. The maximum atomic E-state index is 12.9. The molecule has 0 saturated carbocycles. The van der Waals surface area contributed by atoms with Gasteiger partial charge in [-0.25, -0.2) is 4.39 Å². The molecule has 1 amide bonds. The van der Waals surface area contributed by atoms with E-state index in [-0.39, 0.29) is 5.56 Å². The van der Waals surface area contributed by atoms with Gasteiger partial charge >= 0.3 is 0 Å². The average molecular weight is 290 g/mol. The largest absolute Gasteiger partial charge is 0.507 e. The molecule has 0 bridgehead atoms. The highest BCUT2D eigenvalue weighted by molar-refractivity contribution is 6.06. The smallest absolute Gasteiger partial charge is 0.259 e. The molecule has 2 aromatic rings. The zero-order valence-electron chi connectivity index (χ0n) is 11.4. The third-order valence-electron chi connectivity index (χ3n) is 2.95. The Balaban J connectivity index is 2.27. The summed E-state index contributed by atoms with van der Waals surface area (Å²) in [5.74, 6) is -1.15. The zero-order valence-corrected chi connectivity index (χ0v) is 11.4. The molecule has 4 N–H and O–H groups in total. The van der Waals surface area contributed by atoms with Gasteiger partial charge in [0.2, 0.25) is 0 Å². The molecule has 2 aromatic carbocycles. The third-order valence-corrected chi connectivity index (χ3v) is 2.95. The number of hydrogen-bond acceptors (Lipinski definition) is 4. The Hall–Kier alpha value is -2.60. The van der Waals surface area contributed by atoms with Crippen LogP contribution in [0.2, 0.25) is 0 Å².